The zero-order chi connectivity index (χ0) is 18.8. The van der Waals surface area contributed by atoms with Gasteiger partial charge in [0.1, 0.15) is 5.75 Å². The van der Waals surface area contributed by atoms with Crippen molar-refractivity contribution in [2.45, 2.75) is 27.2 Å². The van der Waals surface area contributed by atoms with Gasteiger partial charge in [0.05, 0.1) is 5.52 Å². The van der Waals surface area contributed by atoms with E-state index in [0.29, 0.717) is 17.7 Å². The first-order valence-corrected chi connectivity index (χ1v) is 8.48. The Balaban J connectivity index is 2.44. The van der Waals surface area contributed by atoms with Crippen molar-refractivity contribution in [1.29, 1.82) is 0 Å². The van der Waals surface area contributed by atoms with Gasteiger partial charge in [-0.2, -0.15) is 0 Å². The van der Waals surface area contributed by atoms with E-state index in [-0.39, 0.29) is 5.78 Å². The molecule has 0 bridgehead atoms. The van der Waals surface area contributed by atoms with Crippen molar-refractivity contribution in [2.75, 3.05) is 0 Å². The highest BCUT2D eigenvalue weighted by Crippen LogP contribution is 2.37. The number of allylic oxidation sites excluding steroid dienone is 1. The Morgan fingerprint density at radius 3 is 2.38 bits per heavy atom. The molecule has 0 N–H and O–H groups in total. The first-order valence-electron chi connectivity index (χ1n) is 8.48. The number of hydrogen-bond acceptors (Lipinski definition) is 3. The standard InChI is InChI=1S/C22H21NO3/c1-5-9-18-20(26-16(4)25)13-12-19-22(18)21(15(3)24)14(2)23(19)17-10-7-6-8-11-17/h5-8,10-13H,1,9H2,2-4H3. The number of Topliss-reactive ketones (excluding diaryl/α,β-unsaturated/α-hetero) is 1. The van der Waals surface area contributed by atoms with Crippen LogP contribution in [0, 0.1) is 6.92 Å². The van der Waals surface area contributed by atoms with Gasteiger partial charge in [0.2, 0.25) is 0 Å². The quantitative estimate of drug-likeness (QED) is 0.288. The van der Waals surface area contributed by atoms with E-state index in [2.05, 4.69) is 11.1 Å². The lowest BCUT2D eigenvalue weighted by molar-refractivity contribution is -0.131. The second-order valence-electron chi connectivity index (χ2n) is 6.21. The minimum atomic E-state index is -0.391. The molecule has 0 amide bonds. The summed E-state index contributed by atoms with van der Waals surface area (Å²) >= 11 is 0. The smallest absolute Gasteiger partial charge is 0.308 e. The average molecular weight is 347 g/mol. The Morgan fingerprint density at radius 2 is 1.81 bits per heavy atom. The Kier molecular flexibility index (Phi) is 4.76. The van der Waals surface area contributed by atoms with Crippen LogP contribution in [0.4, 0.5) is 0 Å². The number of rotatable bonds is 5. The second kappa shape index (κ2) is 7.00. The third-order valence-electron chi connectivity index (χ3n) is 4.40. The van der Waals surface area contributed by atoms with Crippen LogP contribution in [-0.4, -0.2) is 16.3 Å². The number of carbonyl (C=O) groups is 2. The molecule has 26 heavy (non-hydrogen) atoms. The molecule has 3 aromatic rings. The van der Waals surface area contributed by atoms with E-state index in [1.165, 1.54) is 6.92 Å². The van der Waals surface area contributed by atoms with Gasteiger partial charge >= 0.3 is 5.97 Å². The summed E-state index contributed by atoms with van der Waals surface area (Å²) in [7, 11) is 0. The molecule has 2 aromatic carbocycles. The van der Waals surface area contributed by atoms with Crippen LogP contribution in [0.25, 0.3) is 16.6 Å². The summed E-state index contributed by atoms with van der Waals surface area (Å²) in [6, 6.07) is 13.6. The van der Waals surface area contributed by atoms with Gasteiger partial charge in [0.15, 0.2) is 5.78 Å². The number of ketones is 1. The molecule has 0 aliphatic carbocycles. The average Bonchev–Trinajstić information content (AvgIpc) is 2.90. The van der Waals surface area contributed by atoms with E-state index in [1.807, 2.05) is 43.3 Å². The number of para-hydroxylation sites is 1. The first-order chi connectivity index (χ1) is 12.5. The topological polar surface area (TPSA) is 48.3 Å². The third kappa shape index (κ3) is 2.94. The summed E-state index contributed by atoms with van der Waals surface area (Å²) in [6.07, 6.45) is 2.25. The van der Waals surface area contributed by atoms with Gasteiger partial charge in [-0.05, 0) is 44.5 Å². The van der Waals surface area contributed by atoms with E-state index in [4.69, 9.17) is 4.74 Å². The van der Waals surface area contributed by atoms with Crippen molar-refractivity contribution in [3.63, 3.8) is 0 Å². The van der Waals surface area contributed by atoms with E-state index in [9.17, 15) is 9.59 Å². The SMILES string of the molecule is C=CCc1c(OC(C)=O)ccc2c1c(C(C)=O)c(C)n2-c1ccccc1. The van der Waals surface area contributed by atoms with Crippen molar-refractivity contribution >= 4 is 22.7 Å². The van der Waals surface area contributed by atoms with Crippen LogP contribution >= 0.6 is 0 Å². The molecule has 4 nitrogen and oxygen atoms in total. The van der Waals surface area contributed by atoms with E-state index in [1.54, 1.807) is 19.1 Å². The van der Waals surface area contributed by atoms with Crippen LogP contribution in [-0.2, 0) is 11.2 Å². The maximum absolute atomic E-state index is 12.5. The molecule has 0 spiro atoms. The summed E-state index contributed by atoms with van der Waals surface area (Å²) < 4.78 is 7.45. The van der Waals surface area contributed by atoms with Gasteiger partial charge in [-0.3, -0.25) is 9.59 Å². The van der Waals surface area contributed by atoms with E-state index in [0.717, 1.165) is 27.8 Å². The first kappa shape index (κ1) is 17.7. The van der Waals surface area contributed by atoms with Crippen molar-refractivity contribution in [3.05, 3.63) is 71.9 Å². The summed E-state index contributed by atoms with van der Waals surface area (Å²) in [5, 5.41) is 0.817. The fraction of sp³-hybridized carbons (Fsp3) is 0.182. The van der Waals surface area contributed by atoms with Crippen molar-refractivity contribution < 1.29 is 14.3 Å². The third-order valence-corrected chi connectivity index (χ3v) is 4.40. The van der Waals surface area contributed by atoms with E-state index >= 15 is 0 Å². The lowest BCUT2D eigenvalue weighted by Gasteiger charge is -2.11. The molecule has 0 saturated heterocycles. The Bertz CT molecular complexity index is 1010. The number of fused-ring (bicyclic) bond motifs is 1. The molecule has 0 saturated carbocycles. The number of ether oxygens (including phenoxy) is 1. The van der Waals surface area contributed by atoms with Gasteiger partial charge in [-0.15, -0.1) is 6.58 Å². The Hall–Kier alpha value is -3.14. The molecule has 0 radical (unpaired) electrons. The van der Waals surface area contributed by atoms with Crippen LogP contribution in [0.5, 0.6) is 5.75 Å². The maximum Gasteiger partial charge on any atom is 0.308 e. The predicted octanol–water partition coefficient (Wildman–Crippen LogP) is 4.80. The van der Waals surface area contributed by atoms with Gasteiger partial charge in [0.25, 0.3) is 0 Å². The van der Waals surface area contributed by atoms with Crippen molar-refractivity contribution in [3.8, 4) is 11.4 Å². The molecule has 0 unspecified atom stereocenters. The molecular weight excluding hydrogens is 326 g/mol. The summed E-state index contributed by atoms with van der Waals surface area (Å²) in [5.41, 5.74) is 4.20. The molecule has 3 rings (SSSR count). The number of nitrogens with zero attached hydrogens (tertiary/aromatic N) is 1. The normalized spacial score (nSPS) is 10.7. The summed E-state index contributed by atoms with van der Waals surface area (Å²) in [6.45, 7) is 8.68. The van der Waals surface area contributed by atoms with Crippen molar-refractivity contribution in [1.82, 2.24) is 4.57 Å². The number of aromatic nitrogens is 1. The van der Waals surface area contributed by atoms with Crippen LogP contribution in [0.1, 0.15) is 35.5 Å². The van der Waals surface area contributed by atoms with Crippen molar-refractivity contribution in [2.24, 2.45) is 0 Å². The van der Waals surface area contributed by atoms with Crippen LogP contribution in [0.3, 0.4) is 0 Å². The highest BCUT2D eigenvalue weighted by Gasteiger charge is 2.23. The van der Waals surface area contributed by atoms with E-state index < -0.39 is 5.97 Å². The zero-order valence-electron chi connectivity index (χ0n) is 15.2. The van der Waals surface area contributed by atoms with Crippen LogP contribution < -0.4 is 4.74 Å². The summed E-state index contributed by atoms with van der Waals surface area (Å²) in [5.74, 6) is 0.0586. The number of esters is 1. The molecule has 0 atom stereocenters. The van der Waals surface area contributed by atoms with Crippen LogP contribution in [0.2, 0.25) is 0 Å². The van der Waals surface area contributed by atoms with Gasteiger partial charge in [-0.1, -0.05) is 24.3 Å². The molecule has 1 aromatic heterocycles. The highest BCUT2D eigenvalue weighted by molar-refractivity contribution is 6.10. The molecular formula is C22H21NO3. The monoisotopic (exact) mass is 347 g/mol. The van der Waals surface area contributed by atoms with Gasteiger partial charge in [0, 0.05) is 34.8 Å². The minimum Gasteiger partial charge on any atom is -0.426 e. The minimum absolute atomic E-state index is 0.0209. The molecule has 4 heteroatoms. The Labute approximate surface area is 152 Å². The number of carbonyl (C=O) groups excluding carboxylic acids is 2. The number of hydrogen-bond donors (Lipinski definition) is 0. The fourth-order valence-electron chi connectivity index (χ4n) is 3.49. The zero-order valence-corrected chi connectivity index (χ0v) is 15.2. The fourth-order valence-corrected chi connectivity index (χ4v) is 3.49. The lowest BCUT2D eigenvalue weighted by Crippen LogP contribution is -2.05. The molecule has 0 aliphatic rings. The largest absolute Gasteiger partial charge is 0.426 e. The van der Waals surface area contributed by atoms with Crippen LogP contribution in [0.15, 0.2) is 55.1 Å². The van der Waals surface area contributed by atoms with Gasteiger partial charge in [-0.25, -0.2) is 0 Å². The molecule has 0 fully saturated rings. The lowest BCUT2D eigenvalue weighted by atomic mass is 9.99. The summed E-state index contributed by atoms with van der Waals surface area (Å²) in [4.78, 5) is 24.0. The Morgan fingerprint density at radius 1 is 1.12 bits per heavy atom. The molecule has 0 aliphatic heterocycles. The van der Waals surface area contributed by atoms with Gasteiger partial charge < -0.3 is 9.30 Å². The molecule has 132 valence electrons. The number of benzene rings is 2. The second-order valence-corrected chi connectivity index (χ2v) is 6.21. The highest BCUT2D eigenvalue weighted by atomic mass is 16.5. The molecule has 1 heterocycles. The predicted molar refractivity (Wildman–Crippen MR) is 103 cm³/mol. The maximum atomic E-state index is 12.5.